The predicted molar refractivity (Wildman–Crippen MR) is 107 cm³/mol. The Morgan fingerprint density at radius 2 is 1.10 bits per heavy atom. The molecule has 14 heteroatoms. The SMILES string of the molecule is [N-]=[N+]=C1CCOCCOCCC(CP(=O)(O)O)(CP(=O)(O)O)CCOCCOCC1. The summed E-state index contributed by atoms with van der Waals surface area (Å²) in [7, 11) is -9.09. The molecule has 1 saturated heterocycles. The minimum atomic E-state index is -4.55. The smallest absolute Gasteiger partial charge is 0.326 e. The highest BCUT2D eigenvalue weighted by atomic mass is 31.2. The summed E-state index contributed by atoms with van der Waals surface area (Å²) in [6.07, 6.45) is -0.384. The van der Waals surface area contributed by atoms with Crippen molar-refractivity contribution in [2.75, 3.05) is 65.2 Å². The van der Waals surface area contributed by atoms with E-state index >= 15 is 0 Å². The molecule has 0 amide bonds. The molecule has 1 rings (SSSR count). The van der Waals surface area contributed by atoms with Gasteiger partial charge in [0.2, 0.25) is 0 Å². The Morgan fingerprint density at radius 1 is 0.733 bits per heavy atom. The number of rotatable bonds is 4. The van der Waals surface area contributed by atoms with Crippen molar-refractivity contribution in [1.29, 1.82) is 0 Å². The summed E-state index contributed by atoms with van der Waals surface area (Å²) in [5.41, 5.74) is 8.19. The van der Waals surface area contributed by atoms with Crippen molar-refractivity contribution in [1.82, 2.24) is 0 Å². The maximum atomic E-state index is 11.7. The normalized spacial score (nSPS) is 21.9. The third kappa shape index (κ3) is 13.7. The molecule has 1 heterocycles. The van der Waals surface area contributed by atoms with Gasteiger partial charge in [0.25, 0.3) is 5.71 Å². The van der Waals surface area contributed by atoms with E-state index in [1.807, 2.05) is 0 Å². The molecule has 1 aliphatic heterocycles. The topological polar surface area (TPSA) is 188 Å². The van der Waals surface area contributed by atoms with Crippen molar-refractivity contribution in [3.05, 3.63) is 5.53 Å². The van der Waals surface area contributed by atoms with Crippen LogP contribution in [0.1, 0.15) is 25.7 Å². The summed E-state index contributed by atoms with van der Waals surface area (Å²) in [5.74, 6) is 0. The van der Waals surface area contributed by atoms with Gasteiger partial charge in [0.05, 0.1) is 64.8 Å². The van der Waals surface area contributed by atoms with Gasteiger partial charge in [-0.05, 0) is 18.3 Å². The molecule has 0 aromatic heterocycles. The Morgan fingerprint density at radius 3 is 1.43 bits per heavy atom. The number of ether oxygens (including phenoxy) is 4. The van der Waals surface area contributed by atoms with Crippen LogP contribution in [0.5, 0.6) is 0 Å². The molecule has 0 saturated carbocycles. The van der Waals surface area contributed by atoms with Gasteiger partial charge in [-0.2, -0.15) is 4.79 Å². The summed E-state index contributed by atoms with van der Waals surface area (Å²) in [6.45, 7) is 1.66. The Labute approximate surface area is 175 Å². The lowest BCUT2D eigenvalue weighted by Gasteiger charge is -2.34. The molecule has 0 aliphatic carbocycles. The summed E-state index contributed by atoms with van der Waals surface area (Å²) in [6, 6.07) is 0. The molecule has 0 radical (unpaired) electrons. The zero-order chi connectivity index (χ0) is 22.5. The molecule has 1 aliphatic rings. The Hall–Kier alpha value is -0.480. The molecule has 30 heavy (non-hydrogen) atoms. The monoisotopic (exact) mass is 474 g/mol. The van der Waals surface area contributed by atoms with Crippen molar-refractivity contribution in [2.24, 2.45) is 5.41 Å². The van der Waals surface area contributed by atoms with Crippen LogP contribution >= 0.6 is 15.2 Å². The fourth-order valence-electron chi connectivity index (χ4n) is 3.19. The summed E-state index contributed by atoms with van der Waals surface area (Å²) in [4.78, 5) is 41.1. The molecule has 0 aromatic carbocycles. The van der Waals surface area contributed by atoms with Gasteiger partial charge in [0.1, 0.15) is 0 Å². The van der Waals surface area contributed by atoms with Gasteiger partial charge in [-0.15, -0.1) is 0 Å². The fraction of sp³-hybridized carbons (Fsp3) is 0.938. The van der Waals surface area contributed by atoms with Gasteiger partial charge >= 0.3 is 15.2 Å². The highest BCUT2D eigenvalue weighted by Crippen LogP contribution is 2.52. The van der Waals surface area contributed by atoms with E-state index in [0.717, 1.165) is 0 Å². The highest BCUT2D eigenvalue weighted by Gasteiger charge is 2.41. The lowest BCUT2D eigenvalue weighted by Crippen LogP contribution is -2.33. The predicted octanol–water partition coefficient (Wildman–Crippen LogP) is 0.639. The largest absolute Gasteiger partial charge is 0.379 e. The zero-order valence-electron chi connectivity index (χ0n) is 16.9. The van der Waals surface area contributed by atoms with E-state index in [0.29, 0.717) is 31.8 Å². The molecule has 0 unspecified atom stereocenters. The van der Waals surface area contributed by atoms with E-state index in [2.05, 4.69) is 4.79 Å². The zero-order valence-corrected chi connectivity index (χ0v) is 18.7. The first-order chi connectivity index (χ1) is 14.1. The molecule has 4 N–H and O–H groups in total. The second-order valence-corrected chi connectivity index (χ2v) is 10.6. The first kappa shape index (κ1) is 27.6. The average molecular weight is 474 g/mol. The average Bonchev–Trinajstić information content (AvgIpc) is 2.60. The van der Waals surface area contributed by atoms with Crippen LogP contribution in [0.3, 0.4) is 0 Å². The van der Waals surface area contributed by atoms with Gasteiger partial charge < -0.3 is 44.1 Å². The van der Waals surface area contributed by atoms with Crippen molar-refractivity contribution in [3.63, 3.8) is 0 Å². The molecule has 0 bridgehead atoms. The van der Waals surface area contributed by atoms with Crippen LogP contribution in [0.4, 0.5) is 0 Å². The summed E-state index contributed by atoms with van der Waals surface area (Å²) >= 11 is 0. The van der Waals surface area contributed by atoms with Gasteiger partial charge in [-0.3, -0.25) is 9.13 Å². The van der Waals surface area contributed by atoms with Crippen LogP contribution in [0, 0.1) is 5.41 Å². The lowest BCUT2D eigenvalue weighted by atomic mass is 9.85. The van der Waals surface area contributed by atoms with Gasteiger partial charge in [0, 0.05) is 13.2 Å². The first-order valence-electron chi connectivity index (χ1n) is 9.65. The quantitative estimate of drug-likeness (QED) is 0.256. The third-order valence-corrected chi connectivity index (χ3v) is 6.76. The van der Waals surface area contributed by atoms with E-state index < -0.39 is 32.9 Å². The van der Waals surface area contributed by atoms with Crippen LogP contribution in [-0.4, -0.2) is 95.3 Å². The number of nitrogens with zero attached hydrogens (tertiary/aromatic N) is 2. The lowest BCUT2D eigenvalue weighted by molar-refractivity contribution is -0.0206. The standard InChI is InChI=1S/C16H32N2O10P2/c17-18-15-1-5-25-9-11-27-7-3-16(13-29(19,20)21,14-30(22,23)24)4-8-28-12-10-26-6-2-15/h1-14H2,(H2,19,20,21)(H2,22,23,24). The molecular weight excluding hydrogens is 442 g/mol. The highest BCUT2D eigenvalue weighted by molar-refractivity contribution is 7.53. The maximum Gasteiger partial charge on any atom is 0.326 e. The van der Waals surface area contributed by atoms with E-state index in [4.69, 9.17) is 24.5 Å². The van der Waals surface area contributed by atoms with Crippen LogP contribution < -0.4 is 0 Å². The number of hydrogen-bond donors (Lipinski definition) is 4. The van der Waals surface area contributed by atoms with Crippen molar-refractivity contribution in [2.45, 2.75) is 25.7 Å². The van der Waals surface area contributed by atoms with E-state index in [9.17, 15) is 28.7 Å². The van der Waals surface area contributed by atoms with Gasteiger partial charge in [-0.25, -0.2) is 0 Å². The maximum absolute atomic E-state index is 11.7. The molecule has 0 aromatic rings. The van der Waals surface area contributed by atoms with E-state index in [1.54, 1.807) is 0 Å². The molecule has 1 fully saturated rings. The fourth-order valence-corrected chi connectivity index (χ4v) is 5.97. The molecule has 0 atom stereocenters. The first-order valence-corrected chi connectivity index (χ1v) is 13.2. The Bertz CT molecular complexity index is 596. The van der Waals surface area contributed by atoms with Gasteiger partial charge in [-0.1, -0.05) is 0 Å². The van der Waals surface area contributed by atoms with Crippen LogP contribution in [0.2, 0.25) is 0 Å². The van der Waals surface area contributed by atoms with Gasteiger partial charge in [0.15, 0.2) is 0 Å². The molecule has 176 valence electrons. The second kappa shape index (κ2) is 13.8. The van der Waals surface area contributed by atoms with E-state index in [1.165, 1.54) is 0 Å². The summed E-state index contributed by atoms with van der Waals surface area (Å²) in [5, 5.41) is 0. The van der Waals surface area contributed by atoms with E-state index in [-0.39, 0.29) is 52.5 Å². The minimum Gasteiger partial charge on any atom is -0.379 e. The molecule has 0 spiro atoms. The molecule has 12 nitrogen and oxygen atoms in total. The van der Waals surface area contributed by atoms with Crippen LogP contribution in [0.15, 0.2) is 0 Å². The minimum absolute atomic E-state index is 0.0460. The van der Waals surface area contributed by atoms with Crippen molar-refractivity contribution in [3.8, 4) is 0 Å². The molecular formula is C16H32N2O10P2. The Balaban J connectivity index is 2.80. The number of hydrogen-bond acceptors (Lipinski definition) is 6. The second-order valence-electron chi connectivity index (χ2n) is 7.26. The van der Waals surface area contributed by atoms with Crippen LogP contribution in [-0.2, 0) is 28.1 Å². The summed E-state index contributed by atoms with van der Waals surface area (Å²) < 4.78 is 45.0. The third-order valence-electron chi connectivity index (χ3n) is 4.59. The van der Waals surface area contributed by atoms with Crippen LogP contribution in [0.25, 0.3) is 5.53 Å². The van der Waals surface area contributed by atoms with Crippen molar-refractivity contribution < 1.29 is 52.4 Å². The van der Waals surface area contributed by atoms with Crippen molar-refractivity contribution >= 4 is 20.9 Å². The Kier molecular flexibility index (Phi) is 12.7.